The maximum Gasteiger partial charge on any atom is 0.122 e. The number of rotatable bonds is 5. The lowest BCUT2D eigenvalue weighted by atomic mass is 9.96. The predicted molar refractivity (Wildman–Crippen MR) is 71.5 cm³/mol. The lowest BCUT2D eigenvalue weighted by Gasteiger charge is -2.18. The van der Waals surface area contributed by atoms with Gasteiger partial charge in [0.05, 0.1) is 6.61 Å². The fourth-order valence-corrected chi connectivity index (χ4v) is 2.40. The summed E-state index contributed by atoms with van der Waals surface area (Å²) in [5, 5.41) is 3.42. The Morgan fingerprint density at radius 2 is 2.12 bits per heavy atom. The molecule has 2 nitrogen and oxygen atoms in total. The SMILES string of the molecule is CNC(CCC(C)C)c1ccc2c(c1)CCO2. The van der Waals surface area contributed by atoms with Gasteiger partial charge in [0.15, 0.2) is 0 Å². The van der Waals surface area contributed by atoms with Crippen molar-refractivity contribution < 1.29 is 4.74 Å². The smallest absolute Gasteiger partial charge is 0.122 e. The Hall–Kier alpha value is -1.02. The quantitative estimate of drug-likeness (QED) is 0.842. The summed E-state index contributed by atoms with van der Waals surface area (Å²) in [5.41, 5.74) is 2.77. The first kappa shape index (κ1) is 12.4. The molecule has 0 aliphatic carbocycles. The van der Waals surface area contributed by atoms with Gasteiger partial charge in [-0.05, 0) is 43.0 Å². The molecule has 1 N–H and O–H groups in total. The first-order valence-corrected chi connectivity index (χ1v) is 6.63. The van der Waals surface area contributed by atoms with Gasteiger partial charge in [0, 0.05) is 12.5 Å². The summed E-state index contributed by atoms with van der Waals surface area (Å²) in [7, 11) is 2.05. The van der Waals surface area contributed by atoms with Crippen LogP contribution >= 0.6 is 0 Å². The van der Waals surface area contributed by atoms with Gasteiger partial charge in [-0.15, -0.1) is 0 Å². The van der Waals surface area contributed by atoms with Crippen LogP contribution in [0, 0.1) is 5.92 Å². The third-order valence-electron chi connectivity index (χ3n) is 3.50. The molecule has 1 heterocycles. The molecular formula is C15H23NO. The fourth-order valence-electron chi connectivity index (χ4n) is 2.40. The van der Waals surface area contributed by atoms with Crippen LogP contribution in [0.15, 0.2) is 18.2 Å². The maximum atomic E-state index is 5.54. The molecule has 0 saturated carbocycles. The summed E-state index contributed by atoms with van der Waals surface area (Å²) in [6, 6.07) is 7.11. The molecule has 0 spiro atoms. The van der Waals surface area contributed by atoms with Gasteiger partial charge in [0.1, 0.15) is 5.75 Å². The summed E-state index contributed by atoms with van der Waals surface area (Å²) in [6.45, 7) is 5.40. The van der Waals surface area contributed by atoms with Crippen molar-refractivity contribution in [2.45, 2.75) is 39.2 Å². The molecule has 1 atom stereocenters. The van der Waals surface area contributed by atoms with Gasteiger partial charge in [-0.3, -0.25) is 0 Å². The molecule has 1 aromatic rings. The number of hydrogen-bond donors (Lipinski definition) is 1. The second kappa shape index (κ2) is 5.54. The first-order chi connectivity index (χ1) is 8.20. The van der Waals surface area contributed by atoms with Gasteiger partial charge in [-0.2, -0.15) is 0 Å². The summed E-state index contributed by atoms with van der Waals surface area (Å²) in [5.74, 6) is 1.84. The van der Waals surface area contributed by atoms with E-state index >= 15 is 0 Å². The molecule has 0 bridgehead atoms. The van der Waals surface area contributed by atoms with Crippen molar-refractivity contribution in [2.24, 2.45) is 5.92 Å². The minimum Gasteiger partial charge on any atom is -0.493 e. The highest BCUT2D eigenvalue weighted by Crippen LogP contribution is 2.29. The zero-order valence-electron chi connectivity index (χ0n) is 11.1. The predicted octanol–water partition coefficient (Wildman–Crippen LogP) is 3.32. The van der Waals surface area contributed by atoms with Crippen LogP contribution in [0.4, 0.5) is 0 Å². The minimum atomic E-state index is 0.475. The van der Waals surface area contributed by atoms with E-state index in [-0.39, 0.29) is 0 Å². The van der Waals surface area contributed by atoms with Crippen molar-refractivity contribution >= 4 is 0 Å². The third kappa shape index (κ3) is 3.01. The second-order valence-electron chi connectivity index (χ2n) is 5.28. The van der Waals surface area contributed by atoms with E-state index in [9.17, 15) is 0 Å². The first-order valence-electron chi connectivity index (χ1n) is 6.63. The van der Waals surface area contributed by atoms with Crippen LogP contribution < -0.4 is 10.1 Å². The van der Waals surface area contributed by atoms with E-state index < -0.39 is 0 Å². The van der Waals surface area contributed by atoms with E-state index in [1.807, 2.05) is 0 Å². The van der Waals surface area contributed by atoms with Crippen molar-refractivity contribution in [1.29, 1.82) is 0 Å². The third-order valence-corrected chi connectivity index (χ3v) is 3.50. The van der Waals surface area contributed by atoms with Gasteiger partial charge in [0.25, 0.3) is 0 Å². The topological polar surface area (TPSA) is 21.3 Å². The van der Waals surface area contributed by atoms with Crippen molar-refractivity contribution in [3.05, 3.63) is 29.3 Å². The number of ether oxygens (including phenoxy) is 1. The van der Waals surface area contributed by atoms with Crippen LogP contribution in [0.2, 0.25) is 0 Å². The highest BCUT2D eigenvalue weighted by Gasteiger charge is 2.16. The molecular weight excluding hydrogens is 210 g/mol. The summed E-state index contributed by atoms with van der Waals surface area (Å²) in [6.07, 6.45) is 3.52. The monoisotopic (exact) mass is 233 g/mol. The van der Waals surface area contributed by atoms with Crippen LogP contribution in [0.5, 0.6) is 5.75 Å². The van der Waals surface area contributed by atoms with Crippen LogP contribution in [0.25, 0.3) is 0 Å². The largest absolute Gasteiger partial charge is 0.493 e. The molecule has 2 rings (SSSR count). The highest BCUT2D eigenvalue weighted by atomic mass is 16.5. The average Bonchev–Trinajstić information content (AvgIpc) is 2.76. The Morgan fingerprint density at radius 1 is 1.29 bits per heavy atom. The molecule has 94 valence electrons. The Bertz CT molecular complexity index is 373. The average molecular weight is 233 g/mol. The Labute approximate surface area is 104 Å². The molecule has 0 amide bonds. The molecule has 0 aromatic heterocycles. The van der Waals surface area contributed by atoms with Gasteiger partial charge >= 0.3 is 0 Å². The van der Waals surface area contributed by atoms with Gasteiger partial charge < -0.3 is 10.1 Å². The van der Waals surface area contributed by atoms with Gasteiger partial charge in [0.2, 0.25) is 0 Å². The standard InChI is InChI=1S/C15H23NO/c1-11(2)4-6-14(16-3)12-5-7-15-13(10-12)8-9-17-15/h5,7,10-11,14,16H,4,6,8-9H2,1-3H3. The van der Waals surface area contributed by atoms with Crippen molar-refractivity contribution in [3.63, 3.8) is 0 Å². The summed E-state index contributed by atoms with van der Waals surface area (Å²) < 4.78 is 5.54. The zero-order chi connectivity index (χ0) is 12.3. The van der Waals surface area contributed by atoms with Crippen LogP contribution in [-0.4, -0.2) is 13.7 Å². The Kier molecular flexibility index (Phi) is 4.06. The Morgan fingerprint density at radius 3 is 2.82 bits per heavy atom. The Balaban J connectivity index is 2.08. The molecule has 0 saturated heterocycles. The molecule has 0 fully saturated rings. The second-order valence-corrected chi connectivity index (χ2v) is 5.28. The molecule has 2 heteroatoms. The van der Waals surface area contributed by atoms with E-state index in [1.54, 1.807) is 0 Å². The van der Waals surface area contributed by atoms with E-state index in [0.29, 0.717) is 6.04 Å². The number of benzene rings is 1. The van der Waals surface area contributed by atoms with Gasteiger partial charge in [-0.25, -0.2) is 0 Å². The highest BCUT2D eigenvalue weighted by molar-refractivity contribution is 5.40. The lowest BCUT2D eigenvalue weighted by molar-refractivity contribution is 0.356. The van der Waals surface area contributed by atoms with E-state index in [2.05, 4.69) is 44.4 Å². The molecule has 1 aliphatic heterocycles. The van der Waals surface area contributed by atoms with Crippen LogP contribution in [0.1, 0.15) is 43.9 Å². The number of nitrogens with one attached hydrogen (secondary N) is 1. The van der Waals surface area contributed by atoms with Crippen molar-refractivity contribution in [1.82, 2.24) is 5.32 Å². The van der Waals surface area contributed by atoms with E-state index in [0.717, 1.165) is 24.7 Å². The molecule has 1 aromatic carbocycles. The summed E-state index contributed by atoms with van der Waals surface area (Å²) in [4.78, 5) is 0. The normalized spacial score (nSPS) is 15.8. The molecule has 0 radical (unpaired) electrons. The van der Waals surface area contributed by atoms with Crippen LogP contribution in [-0.2, 0) is 6.42 Å². The maximum absolute atomic E-state index is 5.54. The number of fused-ring (bicyclic) bond motifs is 1. The summed E-state index contributed by atoms with van der Waals surface area (Å²) >= 11 is 0. The zero-order valence-corrected chi connectivity index (χ0v) is 11.1. The van der Waals surface area contributed by atoms with Crippen molar-refractivity contribution in [3.8, 4) is 5.75 Å². The molecule has 17 heavy (non-hydrogen) atoms. The lowest BCUT2D eigenvalue weighted by Crippen LogP contribution is -2.17. The van der Waals surface area contributed by atoms with E-state index in [4.69, 9.17) is 4.74 Å². The van der Waals surface area contributed by atoms with Crippen LogP contribution in [0.3, 0.4) is 0 Å². The molecule has 1 aliphatic rings. The molecule has 1 unspecified atom stereocenters. The fraction of sp³-hybridized carbons (Fsp3) is 0.600. The van der Waals surface area contributed by atoms with Gasteiger partial charge in [-0.1, -0.05) is 26.0 Å². The van der Waals surface area contributed by atoms with E-state index in [1.165, 1.54) is 24.0 Å². The van der Waals surface area contributed by atoms with Crippen molar-refractivity contribution in [2.75, 3.05) is 13.7 Å². The number of hydrogen-bond acceptors (Lipinski definition) is 2. The minimum absolute atomic E-state index is 0.475.